The lowest BCUT2D eigenvalue weighted by Crippen LogP contribution is -2.34. The molecule has 0 amide bonds. The monoisotopic (exact) mass is 355 g/mol. The second kappa shape index (κ2) is 9.44. The van der Waals surface area contributed by atoms with Crippen molar-refractivity contribution in [3.05, 3.63) is 28.2 Å². The van der Waals surface area contributed by atoms with Crippen LogP contribution in [0, 0.1) is 5.92 Å². The highest BCUT2D eigenvalue weighted by atomic mass is 79.9. The molecule has 0 aliphatic rings. The quantitative estimate of drug-likeness (QED) is 0.730. The lowest BCUT2D eigenvalue weighted by atomic mass is 10.1. The first-order valence-corrected chi connectivity index (χ1v) is 8.62. The summed E-state index contributed by atoms with van der Waals surface area (Å²) in [6.45, 7) is 11.8. The Kier molecular flexibility index (Phi) is 8.30. The summed E-state index contributed by atoms with van der Waals surface area (Å²) in [5.41, 5.74) is 2.62. The van der Waals surface area contributed by atoms with E-state index in [2.05, 4.69) is 84.1 Å². The fourth-order valence-corrected chi connectivity index (χ4v) is 2.93. The number of hydrogen-bond donors (Lipinski definition) is 1. The molecule has 0 saturated carbocycles. The summed E-state index contributed by atoms with van der Waals surface area (Å²) >= 11 is 3.75. The van der Waals surface area contributed by atoms with Crippen molar-refractivity contribution in [2.75, 3.05) is 45.2 Å². The molecule has 0 aromatic heterocycles. The Balaban J connectivity index is 2.85. The molecule has 0 aliphatic carbocycles. The third-order valence-electron chi connectivity index (χ3n) is 3.33. The number of nitrogens with zero attached hydrogens (tertiary/aromatic N) is 2. The zero-order valence-corrected chi connectivity index (χ0v) is 15.7. The highest BCUT2D eigenvalue weighted by molar-refractivity contribution is 9.10. The van der Waals surface area contributed by atoms with Crippen LogP contribution >= 0.6 is 15.9 Å². The number of likely N-dealkylation sites (N-methyl/N-ethyl adjacent to an activating group) is 1. The molecule has 3 nitrogen and oxygen atoms in total. The first-order valence-electron chi connectivity index (χ1n) is 7.82. The Morgan fingerprint density at radius 3 is 2.43 bits per heavy atom. The van der Waals surface area contributed by atoms with Crippen molar-refractivity contribution >= 4 is 21.6 Å². The summed E-state index contributed by atoms with van der Waals surface area (Å²) < 4.78 is 1.19. The van der Waals surface area contributed by atoms with Crippen LogP contribution in [0.4, 0.5) is 5.69 Å². The summed E-state index contributed by atoms with van der Waals surface area (Å²) in [5.74, 6) is 0.653. The van der Waals surface area contributed by atoms with Crippen molar-refractivity contribution in [3.8, 4) is 0 Å². The van der Waals surface area contributed by atoms with Gasteiger partial charge in [0, 0.05) is 30.7 Å². The fraction of sp³-hybridized carbons (Fsp3) is 0.647. The van der Waals surface area contributed by atoms with E-state index in [0.29, 0.717) is 5.92 Å². The Hall–Kier alpha value is -0.580. The molecular weight excluding hydrogens is 326 g/mol. The molecule has 0 unspecified atom stereocenters. The number of rotatable bonds is 9. The average molecular weight is 356 g/mol. The summed E-state index contributed by atoms with van der Waals surface area (Å²) in [7, 11) is 4.25. The summed E-state index contributed by atoms with van der Waals surface area (Å²) in [4.78, 5) is 4.71. The molecule has 0 bridgehead atoms. The molecule has 0 heterocycles. The number of nitrogens with one attached hydrogen (secondary N) is 1. The smallest absolute Gasteiger partial charge is 0.0511 e. The molecule has 0 aliphatic heterocycles. The molecule has 21 heavy (non-hydrogen) atoms. The molecule has 0 atom stereocenters. The van der Waals surface area contributed by atoms with E-state index >= 15 is 0 Å². The van der Waals surface area contributed by atoms with Gasteiger partial charge in [-0.2, -0.15) is 0 Å². The standard InChI is InChI=1S/C17H30BrN3/c1-6-19-12-15-7-8-17(16(18)11-15)21(13-14(2)3)10-9-20(4)5/h7-8,11,14,19H,6,9-10,12-13H2,1-5H3. The van der Waals surface area contributed by atoms with Crippen molar-refractivity contribution in [1.82, 2.24) is 10.2 Å². The molecule has 1 aromatic rings. The maximum atomic E-state index is 3.75. The second-order valence-corrected chi connectivity index (χ2v) is 7.06. The van der Waals surface area contributed by atoms with E-state index in [0.717, 1.165) is 32.7 Å². The Morgan fingerprint density at radius 2 is 1.90 bits per heavy atom. The molecule has 0 spiro atoms. The van der Waals surface area contributed by atoms with Gasteiger partial charge in [0.15, 0.2) is 0 Å². The molecule has 0 fully saturated rings. The maximum absolute atomic E-state index is 3.75. The maximum Gasteiger partial charge on any atom is 0.0511 e. The lowest BCUT2D eigenvalue weighted by Gasteiger charge is -2.29. The van der Waals surface area contributed by atoms with E-state index in [1.165, 1.54) is 15.7 Å². The van der Waals surface area contributed by atoms with Crippen LogP contribution < -0.4 is 10.2 Å². The number of halogens is 1. The van der Waals surface area contributed by atoms with Crippen LogP contribution in [0.3, 0.4) is 0 Å². The van der Waals surface area contributed by atoms with Gasteiger partial charge in [-0.25, -0.2) is 0 Å². The summed E-state index contributed by atoms with van der Waals surface area (Å²) in [6, 6.07) is 6.71. The fourth-order valence-electron chi connectivity index (χ4n) is 2.26. The summed E-state index contributed by atoms with van der Waals surface area (Å²) in [5, 5.41) is 3.37. The normalized spacial score (nSPS) is 11.4. The minimum Gasteiger partial charge on any atom is -0.369 e. The Labute approximate surface area is 138 Å². The van der Waals surface area contributed by atoms with Gasteiger partial charge in [0.2, 0.25) is 0 Å². The van der Waals surface area contributed by atoms with E-state index in [1.54, 1.807) is 0 Å². The van der Waals surface area contributed by atoms with Crippen LogP contribution in [0.2, 0.25) is 0 Å². The molecule has 4 heteroatoms. The van der Waals surface area contributed by atoms with Crippen LogP contribution in [0.25, 0.3) is 0 Å². The molecule has 1 aromatic carbocycles. The van der Waals surface area contributed by atoms with Crippen molar-refractivity contribution in [2.24, 2.45) is 5.92 Å². The van der Waals surface area contributed by atoms with Gasteiger partial charge >= 0.3 is 0 Å². The van der Waals surface area contributed by atoms with Gasteiger partial charge in [0.1, 0.15) is 0 Å². The average Bonchev–Trinajstić information content (AvgIpc) is 2.41. The molecule has 1 rings (SSSR count). The van der Waals surface area contributed by atoms with Crippen molar-refractivity contribution in [1.29, 1.82) is 0 Å². The molecule has 120 valence electrons. The van der Waals surface area contributed by atoms with Crippen LogP contribution in [0.1, 0.15) is 26.3 Å². The summed E-state index contributed by atoms with van der Waals surface area (Å²) in [6.07, 6.45) is 0. The third-order valence-corrected chi connectivity index (χ3v) is 3.97. The van der Waals surface area contributed by atoms with Gasteiger partial charge in [-0.15, -0.1) is 0 Å². The first-order chi connectivity index (χ1) is 9.93. The van der Waals surface area contributed by atoms with E-state index < -0.39 is 0 Å². The van der Waals surface area contributed by atoms with E-state index in [4.69, 9.17) is 0 Å². The minimum atomic E-state index is 0.653. The number of benzene rings is 1. The SMILES string of the molecule is CCNCc1ccc(N(CCN(C)C)CC(C)C)c(Br)c1. The predicted molar refractivity (Wildman–Crippen MR) is 97.1 cm³/mol. The predicted octanol–water partition coefficient (Wildman–Crippen LogP) is 3.58. The van der Waals surface area contributed by atoms with Gasteiger partial charge in [-0.3, -0.25) is 0 Å². The molecular formula is C17H30BrN3. The third kappa shape index (κ3) is 6.81. The van der Waals surface area contributed by atoms with Gasteiger partial charge in [0.25, 0.3) is 0 Å². The first kappa shape index (κ1) is 18.5. The van der Waals surface area contributed by atoms with E-state index in [-0.39, 0.29) is 0 Å². The highest BCUT2D eigenvalue weighted by Crippen LogP contribution is 2.28. The molecule has 1 N–H and O–H groups in total. The zero-order valence-electron chi connectivity index (χ0n) is 14.1. The topological polar surface area (TPSA) is 18.5 Å². The van der Waals surface area contributed by atoms with Crippen LogP contribution in [-0.4, -0.2) is 45.2 Å². The van der Waals surface area contributed by atoms with E-state index in [9.17, 15) is 0 Å². The largest absolute Gasteiger partial charge is 0.369 e. The molecule has 0 saturated heterocycles. The lowest BCUT2D eigenvalue weighted by molar-refractivity contribution is 0.409. The Bertz CT molecular complexity index is 418. The van der Waals surface area contributed by atoms with Gasteiger partial charge in [-0.1, -0.05) is 26.8 Å². The van der Waals surface area contributed by atoms with E-state index in [1.807, 2.05) is 0 Å². The van der Waals surface area contributed by atoms with Crippen molar-refractivity contribution < 1.29 is 0 Å². The zero-order chi connectivity index (χ0) is 15.8. The molecule has 0 radical (unpaired) electrons. The Morgan fingerprint density at radius 1 is 1.19 bits per heavy atom. The second-order valence-electron chi connectivity index (χ2n) is 6.21. The van der Waals surface area contributed by atoms with Crippen molar-refractivity contribution in [2.45, 2.75) is 27.3 Å². The van der Waals surface area contributed by atoms with Crippen LogP contribution in [0.5, 0.6) is 0 Å². The number of hydrogen-bond acceptors (Lipinski definition) is 3. The van der Waals surface area contributed by atoms with Crippen molar-refractivity contribution in [3.63, 3.8) is 0 Å². The number of anilines is 1. The van der Waals surface area contributed by atoms with Gasteiger partial charge < -0.3 is 15.1 Å². The minimum absolute atomic E-state index is 0.653. The van der Waals surface area contributed by atoms with Gasteiger partial charge in [-0.05, 0) is 60.2 Å². The van der Waals surface area contributed by atoms with Gasteiger partial charge in [0.05, 0.1) is 5.69 Å². The highest BCUT2D eigenvalue weighted by Gasteiger charge is 2.12. The van der Waals surface area contributed by atoms with Crippen LogP contribution in [-0.2, 0) is 6.54 Å². The van der Waals surface area contributed by atoms with Crippen LogP contribution in [0.15, 0.2) is 22.7 Å².